The van der Waals surface area contributed by atoms with E-state index in [1.54, 1.807) is 0 Å². The Morgan fingerprint density at radius 1 is 0.793 bits per heavy atom. The number of hydrogen-bond acceptors (Lipinski definition) is 1. The van der Waals surface area contributed by atoms with Crippen LogP contribution in [0.5, 0.6) is 0 Å². The predicted molar refractivity (Wildman–Crippen MR) is 117 cm³/mol. The number of aryl methyl sites for hydroxylation is 5. The van der Waals surface area contributed by atoms with Crippen LogP contribution in [0.25, 0.3) is 28.5 Å². The standard InChI is InChI=1S/C26H26N3/c1-16-13-19(4)23(20(5)14-16)25-27-28-15-21-11-6-7-12-22(21)26(28)29(25)24-17(2)9-8-10-18(24)3/h6-14H,15H2,1-5H3/q+1. The highest BCUT2D eigenvalue weighted by Gasteiger charge is 2.37. The van der Waals surface area contributed by atoms with Gasteiger partial charge in [-0.3, -0.25) is 0 Å². The Morgan fingerprint density at radius 2 is 1.45 bits per heavy atom. The van der Waals surface area contributed by atoms with Gasteiger partial charge in [-0.2, -0.15) is 4.57 Å². The molecule has 3 heteroatoms. The van der Waals surface area contributed by atoms with Crippen LogP contribution in [-0.2, 0) is 6.54 Å². The molecular weight excluding hydrogens is 354 g/mol. The Balaban J connectivity index is 1.91. The monoisotopic (exact) mass is 380 g/mol. The van der Waals surface area contributed by atoms with Crippen LogP contribution in [0, 0.1) is 34.6 Å². The third-order valence-corrected chi connectivity index (χ3v) is 6.03. The second kappa shape index (κ2) is 6.41. The second-order valence-corrected chi connectivity index (χ2v) is 8.31. The molecule has 1 aliphatic heterocycles. The van der Waals surface area contributed by atoms with Crippen molar-refractivity contribution in [3.05, 3.63) is 88.0 Å². The lowest BCUT2D eigenvalue weighted by Gasteiger charge is -2.13. The average Bonchev–Trinajstić information content (AvgIpc) is 3.17. The minimum Gasteiger partial charge on any atom is -0.189 e. The molecule has 0 N–H and O–H groups in total. The Hall–Kier alpha value is -3.20. The summed E-state index contributed by atoms with van der Waals surface area (Å²) in [5, 5.41) is 5.17. The molecule has 0 saturated carbocycles. The van der Waals surface area contributed by atoms with E-state index >= 15 is 0 Å². The molecular formula is C26H26N3+. The lowest BCUT2D eigenvalue weighted by molar-refractivity contribution is -0.573. The van der Waals surface area contributed by atoms with Crippen LogP contribution in [0.15, 0.2) is 54.6 Å². The van der Waals surface area contributed by atoms with Gasteiger partial charge in [0.25, 0.3) is 5.82 Å². The molecule has 0 saturated heterocycles. The number of nitrogens with zero attached hydrogens (tertiary/aromatic N) is 3. The van der Waals surface area contributed by atoms with Gasteiger partial charge < -0.3 is 0 Å². The molecule has 5 rings (SSSR count). The third-order valence-electron chi connectivity index (χ3n) is 6.03. The Labute approximate surface area is 172 Å². The molecule has 0 fully saturated rings. The van der Waals surface area contributed by atoms with Crippen LogP contribution >= 0.6 is 0 Å². The minimum atomic E-state index is 0.820. The Kier molecular flexibility index (Phi) is 3.95. The van der Waals surface area contributed by atoms with E-state index < -0.39 is 0 Å². The number of fused-ring (bicyclic) bond motifs is 3. The van der Waals surface area contributed by atoms with Crippen LogP contribution in [-0.4, -0.2) is 9.78 Å². The molecule has 29 heavy (non-hydrogen) atoms. The lowest BCUT2D eigenvalue weighted by Crippen LogP contribution is -2.36. The van der Waals surface area contributed by atoms with E-state index in [9.17, 15) is 0 Å². The van der Waals surface area contributed by atoms with E-state index in [4.69, 9.17) is 5.10 Å². The van der Waals surface area contributed by atoms with E-state index in [0.29, 0.717) is 0 Å². The van der Waals surface area contributed by atoms with E-state index in [1.165, 1.54) is 56.0 Å². The van der Waals surface area contributed by atoms with Crippen molar-refractivity contribution in [3.8, 4) is 28.5 Å². The average molecular weight is 381 g/mol. The zero-order valence-electron chi connectivity index (χ0n) is 17.7. The number of para-hydroxylation sites is 1. The van der Waals surface area contributed by atoms with Gasteiger partial charge in [-0.05, 0) is 62.9 Å². The maximum absolute atomic E-state index is 5.17. The molecule has 0 spiro atoms. The molecule has 4 aromatic rings. The Morgan fingerprint density at radius 3 is 2.14 bits per heavy atom. The molecule has 0 unspecified atom stereocenters. The summed E-state index contributed by atoms with van der Waals surface area (Å²) >= 11 is 0. The molecule has 0 aliphatic carbocycles. The van der Waals surface area contributed by atoms with Gasteiger partial charge in [0.1, 0.15) is 12.2 Å². The summed E-state index contributed by atoms with van der Waals surface area (Å²) in [6.07, 6.45) is 0. The van der Waals surface area contributed by atoms with Crippen molar-refractivity contribution in [2.75, 3.05) is 0 Å². The van der Waals surface area contributed by atoms with Gasteiger partial charge in [0.15, 0.2) is 0 Å². The minimum absolute atomic E-state index is 0.820. The zero-order valence-corrected chi connectivity index (χ0v) is 17.7. The molecule has 3 aromatic carbocycles. The number of benzene rings is 3. The molecule has 0 amide bonds. The summed E-state index contributed by atoms with van der Waals surface area (Å²) in [4.78, 5) is 0. The van der Waals surface area contributed by atoms with Crippen LogP contribution in [0.1, 0.15) is 33.4 Å². The van der Waals surface area contributed by atoms with Crippen LogP contribution in [0.3, 0.4) is 0 Å². The molecule has 2 heterocycles. The van der Waals surface area contributed by atoms with Gasteiger partial charge in [-0.25, -0.2) is 0 Å². The lowest BCUT2D eigenvalue weighted by atomic mass is 9.98. The van der Waals surface area contributed by atoms with E-state index in [1.807, 2.05) is 0 Å². The van der Waals surface area contributed by atoms with Crippen molar-refractivity contribution in [1.82, 2.24) is 9.78 Å². The number of rotatable bonds is 2. The van der Waals surface area contributed by atoms with Crippen LogP contribution in [0.4, 0.5) is 0 Å². The maximum atomic E-state index is 5.17. The molecule has 0 radical (unpaired) electrons. The summed E-state index contributed by atoms with van der Waals surface area (Å²) in [6, 6.07) is 19.7. The SMILES string of the molecule is Cc1cc(C)c(-c2nn3c([n+]2-c2c(C)cccc2C)-c2ccccc2C3)c(C)c1. The predicted octanol–water partition coefficient (Wildman–Crippen LogP) is 5.40. The highest BCUT2D eigenvalue weighted by atomic mass is 15.4. The van der Waals surface area contributed by atoms with Crippen molar-refractivity contribution in [1.29, 1.82) is 0 Å². The molecule has 3 nitrogen and oxygen atoms in total. The topological polar surface area (TPSA) is 21.7 Å². The maximum Gasteiger partial charge on any atom is 0.314 e. The molecule has 0 bridgehead atoms. The van der Waals surface area contributed by atoms with Crippen LogP contribution < -0.4 is 4.57 Å². The highest BCUT2D eigenvalue weighted by molar-refractivity contribution is 5.68. The summed E-state index contributed by atoms with van der Waals surface area (Å²) in [5.74, 6) is 2.20. The van der Waals surface area contributed by atoms with Gasteiger partial charge in [0.2, 0.25) is 0 Å². The summed E-state index contributed by atoms with van der Waals surface area (Å²) in [6.45, 7) is 11.8. The van der Waals surface area contributed by atoms with E-state index in [0.717, 1.165) is 12.4 Å². The van der Waals surface area contributed by atoms with Crippen LogP contribution in [0.2, 0.25) is 0 Å². The van der Waals surface area contributed by atoms with Gasteiger partial charge in [0.05, 0.1) is 11.1 Å². The summed E-state index contributed by atoms with van der Waals surface area (Å²) < 4.78 is 4.56. The first-order valence-corrected chi connectivity index (χ1v) is 10.2. The second-order valence-electron chi connectivity index (χ2n) is 8.31. The van der Waals surface area contributed by atoms with Gasteiger partial charge in [-0.1, -0.05) is 54.1 Å². The van der Waals surface area contributed by atoms with E-state index in [2.05, 4.69) is 98.5 Å². The highest BCUT2D eigenvalue weighted by Crippen LogP contribution is 2.34. The summed E-state index contributed by atoms with van der Waals surface area (Å²) in [5.41, 5.74) is 11.4. The van der Waals surface area contributed by atoms with Gasteiger partial charge >= 0.3 is 5.82 Å². The third kappa shape index (κ3) is 2.65. The van der Waals surface area contributed by atoms with Crippen molar-refractivity contribution < 1.29 is 4.57 Å². The largest absolute Gasteiger partial charge is 0.314 e. The fourth-order valence-electron chi connectivity index (χ4n) is 4.89. The van der Waals surface area contributed by atoms with Gasteiger partial charge in [-0.15, -0.1) is 4.68 Å². The first-order valence-electron chi connectivity index (χ1n) is 10.2. The molecule has 144 valence electrons. The molecule has 1 aromatic heterocycles. The quantitative estimate of drug-likeness (QED) is 0.376. The Bertz CT molecular complexity index is 1230. The zero-order chi connectivity index (χ0) is 20.3. The normalized spacial score (nSPS) is 12.2. The van der Waals surface area contributed by atoms with Crippen molar-refractivity contribution in [2.45, 2.75) is 41.2 Å². The van der Waals surface area contributed by atoms with Crippen molar-refractivity contribution in [3.63, 3.8) is 0 Å². The molecule has 1 aliphatic rings. The first-order chi connectivity index (χ1) is 14.0. The fourth-order valence-corrected chi connectivity index (χ4v) is 4.89. The smallest absolute Gasteiger partial charge is 0.189 e. The van der Waals surface area contributed by atoms with Crippen molar-refractivity contribution >= 4 is 0 Å². The van der Waals surface area contributed by atoms with Gasteiger partial charge in [0, 0.05) is 10.7 Å². The fraction of sp³-hybridized carbons (Fsp3) is 0.231. The van der Waals surface area contributed by atoms with E-state index in [-0.39, 0.29) is 0 Å². The molecule has 0 atom stereocenters. The summed E-state index contributed by atoms with van der Waals surface area (Å²) in [7, 11) is 0. The number of hydrogen-bond donors (Lipinski definition) is 0. The van der Waals surface area contributed by atoms with Crippen molar-refractivity contribution in [2.24, 2.45) is 0 Å². The number of aromatic nitrogens is 3. The first kappa shape index (κ1) is 17.9.